The lowest BCUT2D eigenvalue weighted by molar-refractivity contribution is -0.384. The van der Waals surface area contributed by atoms with Crippen LogP contribution >= 0.6 is 0 Å². The number of primary sulfonamides is 1. The molecule has 3 aromatic rings. The first kappa shape index (κ1) is 19.9. The molecule has 3 rings (SSSR count). The third kappa shape index (κ3) is 4.91. The van der Waals surface area contributed by atoms with Crippen LogP contribution in [0, 0.1) is 10.1 Å². The first-order chi connectivity index (χ1) is 13.7. The predicted octanol–water partition coefficient (Wildman–Crippen LogP) is 2.27. The maximum Gasteiger partial charge on any atom is 0.271 e. The number of rotatable bonds is 6. The Labute approximate surface area is 164 Å². The monoisotopic (exact) mass is 414 g/mol. The third-order valence-corrected chi connectivity index (χ3v) is 4.70. The van der Waals surface area contributed by atoms with E-state index in [2.05, 4.69) is 10.5 Å². The molecule has 1 heterocycles. The van der Waals surface area contributed by atoms with Gasteiger partial charge in [0.2, 0.25) is 10.0 Å². The fourth-order valence-corrected chi connectivity index (χ4v) is 2.88. The predicted molar refractivity (Wildman–Crippen MR) is 104 cm³/mol. The van der Waals surface area contributed by atoms with Crippen LogP contribution in [0.25, 0.3) is 11.3 Å². The molecule has 0 bridgehead atoms. The molecule has 0 radical (unpaired) electrons. The van der Waals surface area contributed by atoms with Crippen molar-refractivity contribution in [2.24, 2.45) is 10.2 Å². The van der Waals surface area contributed by atoms with Crippen LogP contribution < -0.4 is 10.6 Å². The highest BCUT2D eigenvalue weighted by Crippen LogP contribution is 2.23. The van der Waals surface area contributed by atoms with Crippen molar-refractivity contribution in [3.8, 4) is 11.3 Å². The number of non-ortho nitro benzene ring substituents is 1. The van der Waals surface area contributed by atoms with Gasteiger partial charge in [-0.15, -0.1) is 0 Å². The van der Waals surface area contributed by atoms with E-state index in [4.69, 9.17) is 9.56 Å². The molecule has 0 fully saturated rings. The van der Waals surface area contributed by atoms with Gasteiger partial charge in [-0.25, -0.2) is 19.0 Å². The SMILES string of the molecule is NS(=O)(=O)c1ccc(-c2ccc(/C=N\NC(=O)c3cccc([N+](=O)[O-])c3)o2)cc1. The number of furan rings is 1. The number of hydrogen-bond donors (Lipinski definition) is 2. The number of nitro benzene ring substituents is 1. The number of nitrogens with zero attached hydrogens (tertiary/aromatic N) is 2. The van der Waals surface area contributed by atoms with E-state index in [0.29, 0.717) is 17.1 Å². The van der Waals surface area contributed by atoms with Gasteiger partial charge in [-0.2, -0.15) is 5.10 Å². The first-order valence-electron chi connectivity index (χ1n) is 8.05. The van der Waals surface area contributed by atoms with E-state index < -0.39 is 20.9 Å². The fourth-order valence-electron chi connectivity index (χ4n) is 2.37. The minimum absolute atomic E-state index is 0.0153. The third-order valence-electron chi connectivity index (χ3n) is 3.77. The highest BCUT2D eigenvalue weighted by atomic mass is 32.2. The van der Waals surface area contributed by atoms with E-state index in [1.165, 1.54) is 36.5 Å². The van der Waals surface area contributed by atoms with Gasteiger partial charge in [0, 0.05) is 23.3 Å². The number of hydrogen-bond acceptors (Lipinski definition) is 7. The number of nitro groups is 1. The average Bonchev–Trinajstić information content (AvgIpc) is 3.16. The molecule has 0 unspecified atom stereocenters. The summed E-state index contributed by atoms with van der Waals surface area (Å²) in [6.07, 6.45) is 1.26. The Kier molecular flexibility index (Phi) is 5.52. The van der Waals surface area contributed by atoms with Crippen molar-refractivity contribution < 1.29 is 22.6 Å². The van der Waals surface area contributed by atoms with E-state index in [-0.39, 0.29) is 16.1 Å². The maximum atomic E-state index is 12.0. The van der Waals surface area contributed by atoms with E-state index >= 15 is 0 Å². The summed E-state index contributed by atoms with van der Waals surface area (Å²) in [5, 5.41) is 19.6. The van der Waals surface area contributed by atoms with Crippen molar-refractivity contribution >= 4 is 27.8 Å². The van der Waals surface area contributed by atoms with Gasteiger partial charge in [-0.1, -0.05) is 6.07 Å². The molecule has 0 aliphatic heterocycles. The quantitative estimate of drug-likeness (QED) is 0.358. The van der Waals surface area contributed by atoms with Gasteiger partial charge in [0.25, 0.3) is 11.6 Å². The molecular formula is C18H14N4O6S. The molecule has 0 atom stereocenters. The van der Waals surface area contributed by atoms with Crippen LogP contribution in [0.5, 0.6) is 0 Å². The molecule has 29 heavy (non-hydrogen) atoms. The second kappa shape index (κ2) is 8.04. The number of hydrazone groups is 1. The standard InChI is InChI=1S/C18H14N4O6S/c19-29(26,27)16-7-4-12(5-8-16)17-9-6-15(28-17)11-20-21-18(23)13-2-1-3-14(10-13)22(24)25/h1-11H,(H,21,23)(H2,19,26,27)/b20-11-. The van der Waals surface area contributed by atoms with Crippen molar-refractivity contribution in [2.75, 3.05) is 0 Å². The Morgan fingerprint density at radius 1 is 1.14 bits per heavy atom. The Bertz CT molecular complexity index is 1200. The van der Waals surface area contributed by atoms with Gasteiger partial charge in [-0.3, -0.25) is 14.9 Å². The van der Waals surface area contributed by atoms with Crippen LogP contribution in [-0.4, -0.2) is 25.5 Å². The first-order valence-corrected chi connectivity index (χ1v) is 9.59. The van der Waals surface area contributed by atoms with Crippen LogP contribution in [0.15, 0.2) is 75.1 Å². The summed E-state index contributed by atoms with van der Waals surface area (Å²) in [4.78, 5) is 22.2. The summed E-state index contributed by atoms with van der Waals surface area (Å²) in [6.45, 7) is 0. The number of sulfonamides is 1. The normalized spacial score (nSPS) is 11.5. The number of nitrogens with one attached hydrogen (secondary N) is 1. The second-order valence-corrected chi connectivity index (χ2v) is 7.34. The van der Waals surface area contributed by atoms with Crippen LogP contribution in [-0.2, 0) is 10.0 Å². The molecule has 1 aromatic heterocycles. The Morgan fingerprint density at radius 3 is 2.52 bits per heavy atom. The van der Waals surface area contributed by atoms with Gasteiger partial charge in [-0.05, 0) is 42.5 Å². The van der Waals surface area contributed by atoms with Crippen molar-refractivity contribution in [3.05, 3.63) is 82.1 Å². The van der Waals surface area contributed by atoms with Gasteiger partial charge in [0.05, 0.1) is 16.0 Å². The highest BCUT2D eigenvalue weighted by molar-refractivity contribution is 7.89. The minimum atomic E-state index is -3.78. The summed E-state index contributed by atoms with van der Waals surface area (Å²) >= 11 is 0. The summed E-state index contributed by atoms with van der Waals surface area (Å²) in [5.41, 5.74) is 2.76. The number of amides is 1. The van der Waals surface area contributed by atoms with E-state index in [0.717, 1.165) is 6.07 Å². The lowest BCUT2D eigenvalue weighted by Crippen LogP contribution is -2.17. The van der Waals surface area contributed by atoms with E-state index in [9.17, 15) is 23.3 Å². The molecule has 0 spiro atoms. The molecule has 0 saturated heterocycles. The van der Waals surface area contributed by atoms with Crippen molar-refractivity contribution in [1.82, 2.24) is 5.43 Å². The molecule has 11 heteroatoms. The summed E-state index contributed by atoms with van der Waals surface area (Å²) in [5.74, 6) is 0.169. The average molecular weight is 414 g/mol. The van der Waals surface area contributed by atoms with Crippen molar-refractivity contribution in [1.29, 1.82) is 0 Å². The zero-order chi connectivity index (χ0) is 21.0. The van der Waals surface area contributed by atoms with Crippen LogP contribution in [0.3, 0.4) is 0 Å². The molecule has 0 aliphatic rings. The summed E-state index contributed by atoms with van der Waals surface area (Å²) in [7, 11) is -3.78. The lowest BCUT2D eigenvalue weighted by Gasteiger charge is -2.00. The minimum Gasteiger partial charge on any atom is -0.455 e. The Hall–Kier alpha value is -3.83. The van der Waals surface area contributed by atoms with Crippen LogP contribution in [0.1, 0.15) is 16.1 Å². The number of nitrogens with two attached hydrogens (primary N) is 1. The molecule has 10 nitrogen and oxygen atoms in total. The number of carbonyl (C=O) groups excluding carboxylic acids is 1. The highest BCUT2D eigenvalue weighted by Gasteiger charge is 2.11. The number of benzene rings is 2. The van der Waals surface area contributed by atoms with Gasteiger partial charge in [0.15, 0.2) is 0 Å². The molecule has 1 amide bonds. The van der Waals surface area contributed by atoms with Gasteiger partial charge in [0.1, 0.15) is 11.5 Å². The zero-order valence-corrected chi connectivity index (χ0v) is 15.5. The maximum absolute atomic E-state index is 12.0. The van der Waals surface area contributed by atoms with Crippen LogP contribution in [0.2, 0.25) is 0 Å². The molecular weight excluding hydrogens is 400 g/mol. The largest absolute Gasteiger partial charge is 0.455 e. The molecule has 0 saturated carbocycles. The summed E-state index contributed by atoms with van der Waals surface area (Å²) in [6, 6.07) is 14.3. The topological polar surface area (TPSA) is 158 Å². The smallest absolute Gasteiger partial charge is 0.271 e. The lowest BCUT2D eigenvalue weighted by atomic mass is 10.2. The van der Waals surface area contributed by atoms with Crippen molar-refractivity contribution in [2.45, 2.75) is 4.90 Å². The Morgan fingerprint density at radius 2 is 1.86 bits per heavy atom. The molecule has 3 N–H and O–H groups in total. The molecule has 2 aromatic carbocycles. The van der Waals surface area contributed by atoms with Crippen molar-refractivity contribution in [3.63, 3.8) is 0 Å². The van der Waals surface area contributed by atoms with Gasteiger partial charge >= 0.3 is 0 Å². The summed E-state index contributed by atoms with van der Waals surface area (Å²) < 4.78 is 28.1. The van der Waals surface area contributed by atoms with E-state index in [1.54, 1.807) is 24.3 Å². The van der Waals surface area contributed by atoms with E-state index in [1.807, 2.05) is 0 Å². The number of carbonyl (C=O) groups is 1. The van der Waals surface area contributed by atoms with Gasteiger partial charge < -0.3 is 4.42 Å². The zero-order valence-electron chi connectivity index (χ0n) is 14.7. The molecule has 0 aliphatic carbocycles. The molecule has 148 valence electrons. The second-order valence-electron chi connectivity index (χ2n) is 5.78. The fraction of sp³-hybridized carbons (Fsp3) is 0. The van der Waals surface area contributed by atoms with Crippen LogP contribution in [0.4, 0.5) is 5.69 Å². The Balaban J connectivity index is 1.67.